The van der Waals surface area contributed by atoms with Gasteiger partial charge in [-0.15, -0.1) is 0 Å². The van der Waals surface area contributed by atoms with Crippen molar-refractivity contribution >= 4 is 46.2 Å². The summed E-state index contributed by atoms with van der Waals surface area (Å²) >= 11 is 6.36. The van der Waals surface area contributed by atoms with Crippen molar-refractivity contribution in [2.75, 3.05) is 11.4 Å². The fourth-order valence-corrected chi connectivity index (χ4v) is 4.37. The Hall–Kier alpha value is -3.22. The smallest absolute Gasteiger partial charge is 0.306 e. The molecule has 2 atom stereocenters. The van der Waals surface area contributed by atoms with Gasteiger partial charge in [0.15, 0.2) is 0 Å². The van der Waals surface area contributed by atoms with Crippen LogP contribution in [0.3, 0.4) is 0 Å². The second kappa shape index (κ2) is 8.96. The lowest BCUT2D eigenvalue weighted by Crippen LogP contribution is -2.45. The second-order valence-electron chi connectivity index (χ2n) is 8.90. The van der Waals surface area contributed by atoms with E-state index >= 15 is 0 Å². The molecule has 1 heterocycles. The van der Waals surface area contributed by atoms with Crippen LogP contribution in [0.25, 0.3) is 10.8 Å². The van der Waals surface area contributed by atoms with E-state index in [1.807, 2.05) is 42.5 Å². The number of aldehydes is 1. The van der Waals surface area contributed by atoms with E-state index in [9.17, 15) is 19.5 Å². The maximum atomic E-state index is 13.6. The number of hydrogen-bond donors (Lipinski definition) is 1. The number of fused-ring (bicyclic) bond motifs is 2. The van der Waals surface area contributed by atoms with Crippen LogP contribution < -0.4 is 4.90 Å². The van der Waals surface area contributed by atoms with Gasteiger partial charge in [0.25, 0.3) is 5.91 Å². The normalized spacial score (nSPS) is 18.6. The summed E-state index contributed by atoms with van der Waals surface area (Å²) in [6, 6.07) is 18.7. The number of rotatable bonds is 6. The fourth-order valence-electron chi connectivity index (χ4n) is 4.19. The molecule has 1 N–H and O–H groups in total. The van der Waals surface area contributed by atoms with Gasteiger partial charge in [-0.05, 0) is 34.5 Å². The summed E-state index contributed by atoms with van der Waals surface area (Å²) in [5.74, 6) is -1.65. The number of carboxylic acids is 1. The summed E-state index contributed by atoms with van der Waals surface area (Å²) < 4.78 is 6.27. The van der Waals surface area contributed by atoms with Gasteiger partial charge >= 0.3 is 5.97 Å². The first kappa shape index (κ1) is 23.0. The Kier molecular flexibility index (Phi) is 6.23. The van der Waals surface area contributed by atoms with E-state index in [0.29, 0.717) is 16.3 Å². The van der Waals surface area contributed by atoms with Crippen molar-refractivity contribution in [3.05, 3.63) is 76.8 Å². The molecular weight excluding hydrogens is 442 g/mol. The number of benzene rings is 3. The fraction of sp³-hybridized carbons (Fsp3) is 0.269. The molecule has 1 aliphatic heterocycles. The number of ether oxygens (including phenoxy) is 1. The Morgan fingerprint density at radius 1 is 1.12 bits per heavy atom. The van der Waals surface area contributed by atoms with E-state index in [1.165, 1.54) is 4.90 Å². The zero-order valence-electron chi connectivity index (χ0n) is 18.3. The van der Waals surface area contributed by atoms with Gasteiger partial charge in [0, 0.05) is 28.2 Å². The van der Waals surface area contributed by atoms with Crippen molar-refractivity contribution in [1.82, 2.24) is 0 Å². The highest BCUT2D eigenvalue weighted by molar-refractivity contribution is 6.30. The van der Waals surface area contributed by atoms with Crippen LogP contribution in [0.15, 0.2) is 60.7 Å². The van der Waals surface area contributed by atoms with Crippen molar-refractivity contribution in [2.45, 2.75) is 32.5 Å². The van der Waals surface area contributed by atoms with E-state index in [-0.39, 0.29) is 6.54 Å². The number of hydrogen-bond acceptors (Lipinski definition) is 4. The van der Waals surface area contributed by atoms with Gasteiger partial charge in [-0.2, -0.15) is 0 Å². The molecular formula is C26H24ClNO5. The Morgan fingerprint density at radius 2 is 1.85 bits per heavy atom. The predicted octanol–water partition coefficient (Wildman–Crippen LogP) is 5.01. The molecule has 7 heteroatoms. The summed E-state index contributed by atoms with van der Waals surface area (Å²) in [6.45, 7) is 3.53. The topological polar surface area (TPSA) is 83.9 Å². The number of carboxylic acid groups (broad SMARTS) is 1. The second-order valence-corrected chi connectivity index (χ2v) is 9.34. The minimum absolute atomic E-state index is 0.0751. The van der Waals surface area contributed by atoms with Crippen molar-refractivity contribution in [1.29, 1.82) is 0 Å². The SMILES string of the molecule is CC(C)(C=O)CN1C(=O)[C@@H](CC(=O)O)O[C@H](c2cccc3ccccc23)c2cc(Cl)ccc21. The molecule has 0 saturated carbocycles. The Bertz CT molecular complexity index is 1230. The molecule has 0 unspecified atom stereocenters. The van der Waals surface area contributed by atoms with Crippen LogP contribution in [0.2, 0.25) is 5.02 Å². The molecule has 3 aromatic carbocycles. The minimum Gasteiger partial charge on any atom is -0.481 e. The lowest BCUT2D eigenvalue weighted by Gasteiger charge is -2.30. The van der Waals surface area contributed by atoms with Crippen LogP contribution in [-0.2, 0) is 19.1 Å². The zero-order chi connectivity index (χ0) is 23.8. The molecule has 1 aliphatic rings. The van der Waals surface area contributed by atoms with Gasteiger partial charge < -0.3 is 19.5 Å². The quantitative estimate of drug-likeness (QED) is 0.517. The van der Waals surface area contributed by atoms with E-state index in [0.717, 1.165) is 22.6 Å². The molecule has 33 heavy (non-hydrogen) atoms. The van der Waals surface area contributed by atoms with Crippen molar-refractivity contribution < 1.29 is 24.2 Å². The lowest BCUT2D eigenvalue weighted by molar-refractivity contribution is -0.147. The standard InChI is InChI=1S/C26H24ClNO5/c1-26(2,15-29)14-28-21-11-10-17(27)12-20(21)24(33-22(25(28)32)13-23(30)31)19-9-5-7-16-6-3-4-8-18(16)19/h3-12,15,22,24H,13-14H2,1-2H3,(H,30,31)/t22-,24-/m1/s1. The van der Waals surface area contributed by atoms with Crippen LogP contribution in [0, 0.1) is 5.41 Å². The van der Waals surface area contributed by atoms with Gasteiger partial charge in [0.1, 0.15) is 18.5 Å². The summed E-state index contributed by atoms with van der Waals surface area (Å²) in [6.07, 6.45) is -1.68. The number of aliphatic carboxylic acids is 1. The van der Waals surface area contributed by atoms with Crippen LogP contribution in [-0.4, -0.2) is 35.9 Å². The number of anilines is 1. The highest BCUT2D eigenvalue weighted by Crippen LogP contribution is 2.42. The maximum Gasteiger partial charge on any atom is 0.306 e. The molecule has 0 aliphatic carbocycles. The summed E-state index contributed by atoms with van der Waals surface area (Å²) in [5, 5.41) is 11.9. The van der Waals surface area contributed by atoms with Gasteiger partial charge in [-0.1, -0.05) is 67.9 Å². The minimum atomic E-state index is -1.24. The maximum absolute atomic E-state index is 13.6. The van der Waals surface area contributed by atoms with E-state index in [2.05, 4.69) is 0 Å². The first-order valence-corrected chi connectivity index (χ1v) is 11.0. The first-order valence-electron chi connectivity index (χ1n) is 10.6. The molecule has 4 rings (SSSR count). The molecule has 0 spiro atoms. The number of carbonyl (C=O) groups excluding carboxylic acids is 2. The molecule has 0 radical (unpaired) electrons. The van der Waals surface area contributed by atoms with Crippen LogP contribution in [0.4, 0.5) is 5.69 Å². The Morgan fingerprint density at radius 3 is 2.58 bits per heavy atom. The highest BCUT2D eigenvalue weighted by Gasteiger charge is 2.40. The molecule has 0 aromatic heterocycles. The Balaban J connectivity index is 1.95. The van der Waals surface area contributed by atoms with Gasteiger partial charge in [0.05, 0.1) is 6.42 Å². The third kappa shape index (κ3) is 4.63. The summed E-state index contributed by atoms with van der Waals surface area (Å²) in [7, 11) is 0. The predicted molar refractivity (Wildman–Crippen MR) is 127 cm³/mol. The van der Waals surface area contributed by atoms with Gasteiger partial charge in [0.2, 0.25) is 0 Å². The monoisotopic (exact) mass is 465 g/mol. The third-order valence-corrected chi connectivity index (χ3v) is 5.99. The summed E-state index contributed by atoms with van der Waals surface area (Å²) in [5.41, 5.74) is 1.14. The van der Waals surface area contributed by atoms with Crippen LogP contribution in [0.5, 0.6) is 0 Å². The van der Waals surface area contributed by atoms with Crippen molar-refractivity contribution in [3.63, 3.8) is 0 Å². The van der Waals surface area contributed by atoms with E-state index < -0.39 is 35.9 Å². The van der Waals surface area contributed by atoms with Gasteiger partial charge in [-0.3, -0.25) is 9.59 Å². The zero-order valence-corrected chi connectivity index (χ0v) is 19.1. The molecule has 3 aromatic rings. The van der Waals surface area contributed by atoms with Gasteiger partial charge in [-0.25, -0.2) is 0 Å². The third-order valence-electron chi connectivity index (χ3n) is 5.76. The molecule has 0 saturated heterocycles. The Labute approximate surface area is 196 Å². The molecule has 0 fully saturated rings. The number of amides is 1. The average Bonchev–Trinajstić information content (AvgIpc) is 2.88. The number of carbonyl (C=O) groups is 3. The largest absolute Gasteiger partial charge is 0.481 e. The first-order chi connectivity index (χ1) is 15.7. The summed E-state index contributed by atoms with van der Waals surface area (Å²) in [4.78, 5) is 38.3. The number of halogens is 1. The van der Waals surface area contributed by atoms with E-state index in [4.69, 9.17) is 16.3 Å². The van der Waals surface area contributed by atoms with E-state index in [1.54, 1.807) is 32.0 Å². The lowest BCUT2D eigenvalue weighted by atomic mass is 9.92. The highest BCUT2D eigenvalue weighted by atomic mass is 35.5. The molecule has 0 bridgehead atoms. The average molecular weight is 466 g/mol. The number of nitrogens with zero attached hydrogens (tertiary/aromatic N) is 1. The van der Waals surface area contributed by atoms with Crippen molar-refractivity contribution in [3.8, 4) is 0 Å². The molecule has 170 valence electrons. The van der Waals surface area contributed by atoms with Crippen LogP contribution >= 0.6 is 11.6 Å². The molecule has 6 nitrogen and oxygen atoms in total. The molecule has 1 amide bonds. The van der Waals surface area contributed by atoms with Crippen LogP contribution in [0.1, 0.15) is 37.5 Å². The van der Waals surface area contributed by atoms with Crippen molar-refractivity contribution in [2.24, 2.45) is 5.41 Å².